The quantitative estimate of drug-likeness (QED) is 0.566. The highest BCUT2D eigenvalue weighted by atomic mass is 35.5. The van der Waals surface area contributed by atoms with E-state index in [0.29, 0.717) is 0 Å². The van der Waals surface area contributed by atoms with Crippen molar-refractivity contribution in [3.05, 3.63) is 0 Å². The van der Waals surface area contributed by atoms with E-state index in [1.165, 1.54) is 6.92 Å². The third-order valence-electron chi connectivity index (χ3n) is 3.64. The number of esters is 1. The molecule has 0 radical (unpaired) electrons. The second-order valence-electron chi connectivity index (χ2n) is 4.95. The van der Waals surface area contributed by atoms with Gasteiger partial charge in [0.2, 0.25) is 9.87 Å². The molecule has 2 aliphatic heterocycles. The SMILES string of the molecule is CC(C)[C@H](O)[C@@]12NC(=O)C(Cl)(Cl)[C@]1(C)OC2=O. The topological polar surface area (TPSA) is 75.6 Å². The Balaban J connectivity index is 2.53. The van der Waals surface area contributed by atoms with Gasteiger partial charge < -0.3 is 15.2 Å². The maximum Gasteiger partial charge on any atom is 0.339 e. The molecule has 1 amide bonds. The van der Waals surface area contributed by atoms with Crippen molar-refractivity contribution in [3.8, 4) is 0 Å². The van der Waals surface area contributed by atoms with Gasteiger partial charge in [0, 0.05) is 0 Å². The van der Waals surface area contributed by atoms with Crippen molar-refractivity contribution in [2.75, 3.05) is 0 Å². The highest BCUT2D eigenvalue weighted by Gasteiger charge is 2.85. The van der Waals surface area contributed by atoms with Crippen LogP contribution >= 0.6 is 23.2 Å². The third kappa shape index (κ3) is 1.15. The van der Waals surface area contributed by atoms with Crippen LogP contribution in [-0.4, -0.2) is 38.6 Å². The molecular formula is C10H13Cl2NO4. The van der Waals surface area contributed by atoms with Gasteiger partial charge in [-0.15, -0.1) is 0 Å². The summed E-state index contributed by atoms with van der Waals surface area (Å²) >= 11 is 11.8. The van der Waals surface area contributed by atoms with E-state index >= 15 is 0 Å². The second-order valence-corrected chi connectivity index (χ2v) is 6.28. The number of carbonyl (C=O) groups excluding carboxylic acids is 2. The Hall–Kier alpha value is -0.520. The summed E-state index contributed by atoms with van der Waals surface area (Å²) in [5.41, 5.74) is -3.01. The minimum atomic E-state index is -1.89. The van der Waals surface area contributed by atoms with E-state index in [1.54, 1.807) is 13.8 Å². The van der Waals surface area contributed by atoms with Crippen LogP contribution in [0.5, 0.6) is 0 Å². The minimum absolute atomic E-state index is 0.260. The van der Waals surface area contributed by atoms with Crippen LogP contribution in [0.2, 0.25) is 0 Å². The number of nitrogens with one attached hydrogen (secondary N) is 1. The highest BCUT2D eigenvalue weighted by molar-refractivity contribution is 6.60. The van der Waals surface area contributed by atoms with Gasteiger partial charge in [-0.3, -0.25) is 4.79 Å². The Morgan fingerprint density at radius 3 is 2.24 bits per heavy atom. The molecule has 0 aromatic carbocycles. The smallest absolute Gasteiger partial charge is 0.339 e. The zero-order valence-corrected chi connectivity index (χ0v) is 11.1. The maximum absolute atomic E-state index is 11.7. The third-order valence-corrected chi connectivity index (χ3v) is 4.71. The lowest BCUT2D eigenvalue weighted by molar-refractivity contribution is -0.231. The zero-order valence-electron chi connectivity index (χ0n) is 9.58. The molecule has 0 spiro atoms. The van der Waals surface area contributed by atoms with Crippen LogP contribution in [-0.2, 0) is 14.3 Å². The molecule has 2 aliphatic rings. The molecule has 3 atom stereocenters. The van der Waals surface area contributed by atoms with E-state index in [9.17, 15) is 14.7 Å². The molecule has 0 aromatic heterocycles. The summed E-state index contributed by atoms with van der Waals surface area (Å²) in [7, 11) is 0. The van der Waals surface area contributed by atoms with Gasteiger partial charge in [-0.2, -0.15) is 0 Å². The van der Waals surface area contributed by atoms with Crippen LogP contribution in [0, 0.1) is 5.92 Å². The van der Waals surface area contributed by atoms with Crippen molar-refractivity contribution in [2.24, 2.45) is 5.92 Å². The number of ether oxygens (including phenoxy) is 1. The molecule has 0 aromatic rings. The van der Waals surface area contributed by atoms with Crippen LogP contribution in [0.25, 0.3) is 0 Å². The molecule has 2 heterocycles. The summed E-state index contributed by atoms with van der Waals surface area (Å²) in [6.07, 6.45) is -1.11. The van der Waals surface area contributed by atoms with Gasteiger partial charge >= 0.3 is 5.97 Å². The number of alkyl halides is 2. The molecular weight excluding hydrogens is 269 g/mol. The molecule has 7 heteroatoms. The predicted octanol–water partition coefficient (Wildman–Crippen LogP) is 0.361. The Kier molecular flexibility index (Phi) is 2.49. The van der Waals surface area contributed by atoms with Crippen LogP contribution in [0.15, 0.2) is 0 Å². The first-order chi connectivity index (χ1) is 7.61. The minimum Gasteiger partial charge on any atom is -0.450 e. The fourth-order valence-corrected chi connectivity index (χ4v) is 2.90. The normalized spacial score (nSPS) is 40.4. The first kappa shape index (κ1) is 12.9. The first-order valence-corrected chi connectivity index (χ1v) is 5.99. The van der Waals surface area contributed by atoms with Gasteiger partial charge in [-0.05, 0) is 12.8 Å². The van der Waals surface area contributed by atoms with Gasteiger partial charge in [0.25, 0.3) is 5.91 Å². The van der Waals surface area contributed by atoms with E-state index in [4.69, 9.17) is 27.9 Å². The average Bonchev–Trinajstić information content (AvgIpc) is 2.33. The Morgan fingerprint density at radius 2 is 1.88 bits per heavy atom. The fraction of sp³-hybridized carbons (Fsp3) is 0.800. The highest BCUT2D eigenvalue weighted by Crippen LogP contribution is 2.57. The number of carbonyl (C=O) groups is 2. The fourth-order valence-electron chi connectivity index (χ4n) is 2.43. The lowest BCUT2D eigenvalue weighted by atomic mass is 9.69. The zero-order chi connectivity index (χ0) is 13.2. The first-order valence-electron chi connectivity index (χ1n) is 5.23. The summed E-state index contributed by atoms with van der Waals surface area (Å²) in [5, 5.41) is 12.6. The largest absolute Gasteiger partial charge is 0.450 e. The van der Waals surface area contributed by atoms with Crippen molar-refractivity contribution >= 4 is 35.1 Å². The van der Waals surface area contributed by atoms with Crippen molar-refractivity contribution in [1.29, 1.82) is 0 Å². The van der Waals surface area contributed by atoms with Gasteiger partial charge in [0.15, 0.2) is 5.60 Å². The van der Waals surface area contributed by atoms with Crippen molar-refractivity contribution < 1.29 is 19.4 Å². The van der Waals surface area contributed by atoms with E-state index in [0.717, 1.165) is 0 Å². The molecule has 2 saturated heterocycles. The van der Waals surface area contributed by atoms with E-state index in [2.05, 4.69) is 5.32 Å². The van der Waals surface area contributed by atoms with Crippen LogP contribution < -0.4 is 5.32 Å². The number of hydrogen-bond donors (Lipinski definition) is 2. The lowest BCUT2D eigenvalue weighted by Crippen LogP contribution is -2.81. The number of aliphatic hydroxyl groups is 1. The molecule has 5 nitrogen and oxygen atoms in total. The summed E-state index contributed by atoms with van der Waals surface area (Å²) in [6, 6.07) is 0. The molecule has 2 fully saturated rings. The summed E-state index contributed by atoms with van der Waals surface area (Å²) in [6.45, 7) is 4.89. The molecule has 2 N–H and O–H groups in total. The Bertz CT molecular complexity index is 411. The monoisotopic (exact) mass is 281 g/mol. The van der Waals surface area contributed by atoms with Crippen LogP contribution in [0.1, 0.15) is 20.8 Å². The van der Waals surface area contributed by atoms with Crippen LogP contribution in [0.3, 0.4) is 0 Å². The standard InChI is InChI=1S/C10H13Cl2NO4/c1-4(2)5(14)9-7(16)17-8(9,3)10(11,12)6(15)13-9/h4-5,14H,1-3H3,(H,13,15)/t5-,8+,9-/m0/s1. The Labute approximate surface area is 108 Å². The molecule has 2 rings (SSSR count). The molecule has 0 aliphatic carbocycles. The molecule has 0 unspecified atom stereocenters. The lowest BCUT2D eigenvalue weighted by Gasteiger charge is -2.54. The maximum atomic E-state index is 11.7. The number of halogens is 2. The second kappa shape index (κ2) is 3.28. The summed E-state index contributed by atoms with van der Waals surface area (Å²) < 4.78 is 3.07. The van der Waals surface area contributed by atoms with Gasteiger partial charge in [0.05, 0.1) is 6.10 Å². The van der Waals surface area contributed by atoms with Crippen molar-refractivity contribution in [1.82, 2.24) is 5.32 Å². The number of aliphatic hydroxyl groups excluding tert-OH is 1. The van der Waals surface area contributed by atoms with Crippen LogP contribution in [0.4, 0.5) is 0 Å². The Morgan fingerprint density at radius 1 is 1.35 bits per heavy atom. The molecule has 96 valence electrons. The number of fused-ring (bicyclic) bond motifs is 1. The predicted molar refractivity (Wildman–Crippen MR) is 60.7 cm³/mol. The average molecular weight is 282 g/mol. The molecule has 0 bridgehead atoms. The van der Waals surface area contributed by atoms with E-state index < -0.39 is 33.5 Å². The number of hydrogen-bond acceptors (Lipinski definition) is 4. The number of amides is 1. The summed E-state index contributed by atoms with van der Waals surface area (Å²) in [4.78, 5) is 23.4. The van der Waals surface area contributed by atoms with Gasteiger partial charge in [-0.25, -0.2) is 4.79 Å². The van der Waals surface area contributed by atoms with Crippen molar-refractivity contribution in [3.63, 3.8) is 0 Å². The summed E-state index contributed by atoms with van der Waals surface area (Å²) in [5.74, 6) is -1.70. The van der Waals surface area contributed by atoms with Crippen molar-refractivity contribution in [2.45, 2.75) is 42.3 Å². The molecule has 0 saturated carbocycles. The van der Waals surface area contributed by atoms with E-state index in [-0.39, 0.29) is 5.92 Å². The van der Waals surface area contributed by atoms with Gasteiger partial charge in [-0.1, -0.05) is 37.0 Å². The molecule has 17 heavy (non-hydrogen) atoms. The van der Waals surface area contributed by atoms with E-state index in [1.807, 2.05) is 0 Å². The van der Waals surface area contributed by atoms with Gasteiger partial charge in [0.1, 0.15) is 0 Å². The number of rotatable bonds is 2.